The van der Waals surface area contributed by atoms with Gasteiger partial charge in [-0.05, 0) is 6.42 Å². The number of unbranched alkanes of at least 4 members (excludes halogenated alkanes) is 15. The van der Waals surface area contributed by atoms with E-state index in [1.54, 1.807) is 0 Å². The third-order valence-electron chi connectivity index (χ3n) is 4.59. The summed E-state index contributed by atoms with van der Waals surface area (Å²) in [7, 11) is 0. The van der Waals surface area contributed by atoms with Gasteiger partial charge in [-0.25, -0.2) is 4.79 Å². The molecule has 0 aromatic rings. The standard InChI is InChI=1S/C22H41NO2/c1-3-5-6-7-8-9-10-11-12-13-14-15-16-17-18-19-20-23-22(24)25-21-4-2/h2H,3,5-21H2,1H3,(H,23,24). The molecule has 3 nitrogen and oxygen atoms in total. The average molecular weight is 352 g/mol. The topological polar surface area (TPSA) is 38.3 Å². The molecule has 0 unspecified atom stereocenters. The lowest BCUT2D eigenvalue weighted by Gasteiger charge is -2.05. The van der Waals surface area contributed by atoms with Gasteiger partial charge in [0, 0.05) is 6.54 Å². The van der Waals surface area contributed by atoms with Crippen LogP contribution in [0.3, 0.4) is 0 Å². The van der Waals surface area contributed by atoms with Crippen LogP contribution in [-0.4, -0.2) is 19.2 Å². The fraction of sp³-hybridized carbons (Fsp3) is 0.864. The number of hydrogen-bond acceptors (Lipinski definition) is 2. The summed E-state index contributed by atoms with van der Waals surface area (Å²) >= 11 is 0. The first kappa shape index (κ1) is 23.8. The van der Waals surface area contributed by atoms with E-state index in [1.807, 2.05) is 0 Å². The molecule has 0 rings (SSSR count). The molecule has 0 saturated heterocycles. The molecular formula is C22H41NO2. The lowest BCUT2D eigenvalue weighted by molar-refractivity contribution is 0.160. The van der Waals surface area contributed by atoms with E-state index in [9.17, 15) is 4.79 Å². The predicted octanol–water partition coefficient (Wildman–Crippen LogP) is 6.61. The van der Waals surface area contributed by atoms with E-state index in [-0.39, 0.29) is 6.61 Å². The summed E-state index contributed by atoms with van der Waals surface area (Å²) in [6, 6.07) is 0. The van der Waals surface area contributed by atoms with Crippen LogP contribution in [-0.2, 0) is 4.74 Å². The highest BCUT2D eigenvalue weighted by Gasteiger charge is 1.99. The highest BCUT2D eigenvalue weighted by atomic mass is 16.5. The predicted molar refractivity (Wildman–Crippen MR) is 108 cm³/mol. The molecule has 0 radical (unpaired) electrons. The fourth-order valence-corrected chi connectivity index (χ4v) is 3.02. The van der Waals surface area contributed by atoms with Crippen LogP contribution in [0.15, 0.2) is 0 Å². The molecular weight excluding hydrogens is 310 g/mol. The molecule has 0 bridgehead atoms. The minimum absolute atomic E-state index is 0.0464. The first-order valence-electron chi connectivity index (χ1n) is 10.6. The molecule has 0 aliphatic carbocycles. The summed E-state index contributed by atoms with van der Waals surface area (Å²) in [5, 5.41) is 2.71. The van der Waals surface area contributed by atoms with Crippen molar-refractivity contribution >= 4 is 6.09 Å². The van der Waals surface area contributed by atoms with Gasteiger partial charge in [0.05, 0.1) is 0 Å². The van der Waals surface area contributed by atoms with Crippen molar-refractivity contribution in [3.05, 3.63) is 0 Å². The Morgan fingerprint density at radius 2 is 1.16 bits per heavy atom. The zero-order chi connectivity index (χ0) is 18.4. The molecule has 0 spiro atoms. The van der Waals surface area contributed by atoms with Gasteiger partial charge in [-0.15, -0.1) is 6.42 Å². The second-order valence-corrected chi connectivity index (χ2v) is 7.01. The Bertz CT molecular complexity index is 322. The number of terminal acetylenes is 1. The molecule has 25 heavy (non-hydrogen) atoms. The lowest BCUT2D eigenvalue weighted by Crippen LogP contribution is -2.25. The highest BCUT2D eigenvalue weighted by Crippen LogP contribution is 2.13. The number of nitrogens with one attached hydrogen (secondary N) is 1. The molecule has 0 fully saturated rings. The van der Waals surface area contributed by atoms with Gasteiger partial charge < -0.3 is 10.1 Å². The van der Waals surface area contributed by atoms with Gasteiger partial charge in [0.25, 0.3) is 0 Å². The van der Waals surface area contributed by atoms with Crippen molar-refractivity contribution in [3.8, 4) is 12.3 Å². The Morgan fingerprint density at radius 3 is 1.56 bits per heavy atom. The molecule has 0 aliphatic rings. The van der Waals surface area contributed by atoms with E-state index >= 15 is 0 Å². The van der Waals surface area contributed by atoms with E-state index < -0.39 is 6.09 Å². The molecule has 3 heteroatoms. The number of amides is 1. The van der Waals surface area contributed by atoms with Crippen LogP contribution >= 0.6 is 0 Å². The second kappa shape index (κ2) is 20.9. The van der Waals surface area contributed by atoms with E-state index in [2.05, 4.69) is 18.2 Å². The summed E-state index contributed by atoms with van der Waals surface area (Å²) in [5.74, 6) is 2.27. The van der Waals surface area contributed by atoms with Crippen molar-refractivity contribution in [3.63, 3.8) is 0 Å². The average Bonchev–Trinajstić information content (AvgIpc) is 2.62. The van der Waals surface area contributed by atoms with Crippen LogP contribution in [0.2, 0.25) is 0 Å². The van der Waals surface area contributed by atoms with Crippen molar-refractivity contribution in [2.24, 2.45) is 0 Å². The number of alkyl carbamates (subject to hydrolysis) is 1. The molecule has 0 saturated carbocycles. The van der Waals surface area contributed by atoms with Crippen molar-refractivity contribution in [2.45, 2.75) is 110 Å². The third kappa shape index (κ3) is 20.8. The van der Waals surface area contributed by atoms with Gasteiger partial charge in [-0.2, -0.15) is 0 Å². The Kier molecular flexibility index (Phi) is 19.9. The summed E-state index contributed by atoms with van der Waals surface area (Å²) in [5.41, 5.74) is 0. The number of carbonyl (C=O) groups excluding carboxylic acids is 1. The summed E-state index contributed by atoms with van der Waals surface area (Å²) in [6.07, 6.45) is 26.3. The van der Waals surface area contributed by atoms with E-state index in [4.69, 9.17) is 11.2 Å². The molecule has 0 atom stereocenters. The van der Waals surface area contributed by atoms with Gasteiger partial charge in [-0.3, -0.25) is 0 Å². The summed E-state index contributed by atoms with van der Waals surface area (Å²) < 4.78 is 4.73. The molecule has 0 aliphatic heterocycles. The maximum absolute atomic E-state index is 11.1. The maximum atomic E-state index is 11.1. The SMILES string of the molecule is C#CCOC(=O)NCCCCCCCCCCCCCCCCCC. The number of ether oxygens (including phenoxy) is 1. The van der Waals surface area contributed by atoms with Crippen molar-refractivity contribution in [1.29, 1.82) is 0 Å². The normalized spacial score (nSPS) is 10.4. The smallest absolute Gasteiger partial charge is 0.408 e. The van der Waals surface area contributed by atoms with Crippen molar-refractivity contribution in [2.75, 3.05) is 13.2 Å². The summed E-state index contributed by atoms with van der Waals surface area (Å²) in [6.45, 7) is 3.01. The van der Waals surface area contributed by atoms with Gasteiger partial charge in [0.15, 0.2) is 6.61 Å². The van der Waals surface area contributed by atoms with E-state index in [0.717, 1.165) is 6.42 Å². The maximum Gasteiger partial charge on any atom is 0.408 e. The van der Waals surface area contributed by atoms with Crippen LogP contribution in [0, 0.1) is 12.3 Å². The van der Waals surface area contributed by atoms with Crippen LogP contribution in [0.1, 0.15) is 110 Å². The molecule has 0 aromatic heterocycles. The van der Waals surface area contributed by atoms with Crippen LogP contribution in [0.4, 0.5) is 4.79 Å². The minimum atomic E-state index is -0.404. The van der Waals surface area contributed by atoms with Crippen LogP contribution < -0.4 is 5.32 Å². The van der Waals surface area contributed by atoms with Crippen molar-refractivity contribution < 1.29 is 9.53 Å². The van der Waals surface area contributed by atoms with E-state index in [1.165, 1.54) is 96.3 Å². The molecule has 146 valence electrons. The third-order valence-corrected chi connectivity index (χ3v) is 4.59. The van der Waals surface area contributed by atoms with Crippen LogP contribution in [0.25, 0.3) is 0 Å². The summed E-state index contributed by atoms with van der Waals surface area (Å²) in [4.78, 5) is 11.1. The number of hydrogen-bond donors (Lipinski definition) is 1. The van der Waals surface area contributed by atoms with Crippen LogP contribution in [0.5, 0.6) is 0 Å². The minimum Gasteiger partial charge on any atom is -0.436 e. The zero-order valence-electron chi connectivity index (χ0n) is 16.6. The van der Waals surface area contributed by atoms with Gasteiger partial charge in [-0.1, -0.05) is 109 Å². The fourth-order valence-electron chi connectivity index (χ4n) is 3.02. The second-order valence-electron chi connectivity index (χ2n) is 7.01. The first-order valence-corrected chi connectivity index (χ1v) is 10.6. The molecule has 0 heterocycles. The Labute approximate surface area is 156 Å². The Hall–Kier alpha value is -1.17. The first-order chi connectivity index (χ1) is 12.3. The molecule has 0 aromatic carbocycles. The van der Waals surface area contributed by atoms with Gasteiger partial charge in [0.2, 0.25) is 0 Å². The quantitative estimate of drug-likeness (QED) is 0.223. The zero-order valence-corrected chi connectivity index (χ0v) is 16.6. The highest BCUT2D eigenvalue weighted by molar-refractivity contribution is 5.67. The molecule has 1 N–H and O–H groups in total. The largest absolute Gasteiger partial charge is 0.436 e. The lowest BCUT2D eigenvalue weighted by atomic mass is 10.0. The molecule has 1 amide bonds. The van der Waals surface area contributed by atoms with Crippen molar-refractivity contribution in [1.82, 2.24) is 5.32 Å². The Morgan fingerprint density at radius 1 is 0.760 bits per heavy atom. The monoisotopic (exact) mass is 351 g/mol. The van der Waals surface area contributed by atoms with Gasteiger partial charge in [0.1, 0.15) is 0 Å². The van der Waals surface area contributed by atoms with E-state index in [0.29, 0.717) is 6.54 Å². The number of carbonyl (C=O) groups is 1. The Balaban J connectivity index is 3.05. The van der Waals surface area contributed by atoms with Gasteiger partial charge >= 0.3 is 6.09 Å². The number of rotatable bonds is 18.